The topological polar surface area (TPSA) is 107 Å². The van der Waals surface area contributed by atoms with Gasteiger partial charge in [-0.1, -0.05) is 61.5 Å². The number of ether oxygens (including phenoxy) is 2. The first kappa shape index (κ1) is 34.5. The van der Waals surface area contributed by atoms with E-state index in [1.807, 2.05) is 61.1 Å². The molecule has 0 saturated carbocycles. The van der Waals surface area contributed by atoms with Gasteiger partial charge in [0.05, 0.1) is 36.2 Å². The molecule has 0 amide bonds. The zero-order valence-electron chi connectivity index (χ0n) is 27.7. The van der Waals surface area contributed by atoms with E-state index >= 15 is 0 Å². The Hall–Kier alpha value is -3.86. The van der Waals surface area contributed by atoms with Crippen LogP contribution in [-0.2, 0) is 34.6 Å². The number of nitrogens with zero attached hydrogens (tertiary/aromatic N) is 3. The molecule has 0 aliphatic heterocycles. The molecule has 250 valence electrons. The van der Waals surface area contributed by atoms with E-state index < -0.39 is 22.0 Å². The molecule has 47 heavy (non-hydrogen) atoms. The average molecular weight is 679 g/mol. The lowest BCUT2D eigenvalue weighted by Crippen LogP contribution is -2.32. The maximum absolute atomic E-state index is 13.3. The van der Waals surface area contributed by atoms with Gasteiger partial charge < -0.3 is 14.5 Å². The Balaban J connectivity index is 1.53. The van der Waals surface area contributed by atoms with E-state index in [9.17, 15) is 13.2 Å². The van der Waals surface area contributed by atoms with Crippen LogP contribution in [0.2, 0.25) is 0 Å². The molecule has 0 bridgehead atoms. The van der Waals surface area contributed by atoms with Crippen LogP contribution >= 0.6 is 11.6 Å². The normalized spacial score (nSPS) is 12.7. The van der Waals surface area contributed by atoms with Gasteiger partial charge in [-0.25, -0.2) is 13.2 Å². The standard InChI is InChI=1S/C36H43ClN4O5S/c1-6-30-32(33(39-40(30)4)24(3)41(5)47(43,44)23-13-21-37)29-18-11-17-27-28(35(38-34(27)29)36(42)45-7-2)19-12-22-46-31-20-10-15-25-14-8-9-16-26(25)31/h8-11,14-18,20,24,38H,6-7,12-13,19,21-23H2,1-5H3. The predicted octanol–water partition coefficient (Wildman–Crippen LogP) is 7.42. The molecule has 1 atom stereocenters. The summed E-state index contributed by atoms with van der Waals surface area (Å²) in [6, 6.07) is 19.6. The molecule has 2 heterocycles. The number of sulfonamides is 1. The van der Waals surface area contributed by atoms with E-state index in [0.29, 0.717) is 43.7 Å². The Morgan fingerprint density at radius 3 is 2.51 bits per heavy atom. The van der Waals surface area contributed by atoms with Gasteiger partial charge in [0.15, 0.2) is 0 Å². The van der Waals surface area contributed by atoms with E-state index in [1.54, 1.807) is 14.0 Å². The van der Waals surface area contributed by atoms with Gasteiger partial charge in [-0.3, -0.25) is 4.68 Å². The van der Waals surface area contributed by atoms with Crippen molar-refractivity contribution in [3.05, 3.63) is 83.3 Å². The molecule has 9 nitrogen and oxygen atoms in total. The van der Waals surface area contributed by atoms with Crippen LogP contribution in [0.1, 0.15) is 67.1 Å². The molecule has 2 aromatic heterocycles. The van der Waals surface area contributed by atoms with Crippen molar-refractivity contribution >= 4 is 49.3 Å². The summed E-state index contributed by atoms with van der Waals surface area (Å²) in [5, 5.41) is 7.93. The summed E-state index contributed by atoms with van der Waals surface area (Å²) in [6.07, 6.45) is 2.30. The highest BCUT2D eigenvalue weighted by Crippen LogP contribution is 2.39. The van der Waals surface area contributed by atoms with Gasteiger partial charge in [0.25, 0.3) is 0 Å². The Kier molecular flexibility index (Phi) is 10.9. The summed E-state index contributed by atoms with van der Waals surface area (Å²) in [5.41, 5.74) is 5.37. The summed E-state index contributed by atoms with van der Waals surface area (Å²) in [6.45, 7) is 6.41. The monoisotopic (exact) mass is 678 g/mol. The number of hydrogen-bond donors (Lipinski definition) is 1. The van der Waals surface area contributed by atoms with Crippen LogP contribution in [0, 0.1) is 0 Å². The van der Waals surface area contributed by atoms with Crippen molar-refractivity contribution in [2.24, 2.45) is 7.05 Å². The first-order valence-corrected chi connectivity index (χ1v) is 18.3. The number of benzene rings is 3. The van der Waals surface area contributed by atoms with E-state index in [-0.39, 0.29) is 18.2 Å². The van der Waals surface area contributed by atoms with Crippen molar-refractivity contribution in [2.75, 3.05) is 31.9 Å². The van der Waals surface area contributed by atoms with E-state index in [0.717, 1.165) is 49.8 Å². The number of hydrogen-bond acceptors (Lipinski definition) is 6. The minimum absolute atomic E-state index is 0.0389. The number of esters is 1. The number of rotatable bonds is 15. The number of aryl methyl sites for hydroxylation is 2. The molecular formula is C36H43ClN4O5S. The molecular weight excluding hydrogens is 636 g/mol. The predicted molar refractivity (Wildman–Crippen MR) is 189 cm³/mol. The largest absolute Gasteiger partial charge is 0.493 e. The van der Waals surface area contributed by atoms with Gasteiger partial charge in [0, 0.05) is 47.6 Å². The summed E-state index contributed by atoms with van der Waals surface area (Å²) >= 11 is 5.82. The van der Waals surface area contributed by atoms with Crippen LogP contribution in [-0.4, -0.2) is 65.4 Å². The van der Waals surface area contributed by atoms with E-state index in [4.69, 9.17) is 26.2 Å². The second-order valence-electron chi connectivity index (χ2n) is 11.6. The zero-order valence-corrected chi connectivity index (χ0v) is 29.2. The molecule has 1 unspecified atom stereocenters. The molecule has 3 aromatic carbocycles. The van der Waals surface area contributed by atoms with Gasteiger partial charge >= 0.3 is 5.97 Å². The Morgan fingerprint density at radius 2 is 1.77 bits per heavy atom. The van der Waals surface area contributed by atoms with Gasteiger partial charge in [-0.15, -0.1) is 11.6 Å². The van der Waals surface area contributed by atoms with Crippen LogP contribution in [0.25, 0.3) is 32.8 Å². The highest BCUT2D eigenvalue weighted by molar-refractivity contribution is 7.89. The first-order valence-electron chi connectivity index (χ1n) is 16.1. The number of aromatic nitrogens is 3. The Labute approximate surface area is 281 Å². The van der Waals surface area contributed by atoms with Gasteiger partial charge in [-0.05, 0) is 56.5 Å². The maximum atomic E-state index is 13.3. The van der Waals surface area contributed by atoms with Crippen molar-refractivity contribution in [2.45, 2.75) is 52.5 Å². The lowest BCUT2D eigenvalue weighted by molar-refractivity contribution is 0.0519. The van der Waals surface area contributed by atoms with Crippen molar-refractivity contribution in [3.8, 4) is 16.9 Å². The molecule has 0 aliphatic rings. The minimum Gasteiger partial charge on any atom is -0.493 e. The Bertz CT molecular complexity index is 1980. The first-order chi connectivity index (χ1) is 22.6. The number of aromatic amines is 1. The van der Waals surface area contributed by atoms with E-state index in [2.05, 4.69) is 30.1 Å². The zero-order chi connectivity index (χ0) is 33.7. The van der Waals surface area contributed by atoms with Crippen LogP contribution in [0.5, 0.6) is 5.75 Å². The van der Waals surface area contributed by atoms with Crippen molar-refractivity contribution in [1.29, 1.82) is 0 Å². The summed E-state index contributed by atoms with van der Waals surface area (Å²) < 4.78 is 41.2. The van der Waals surface area contributed by atoms with Gasteiger partial charge in [-0.2, -0.15) is 9.40 Å². The summed E-state index contributed by atoms with van der Waals surface area (Å²) in [4.78, 5) is 16.7. The average Bonchev–Trinajstić information content (AvgIpc) is 3.62. The number of carbonyl (C=O) groups excluding carboxylic acids is 1. The Morgan fingerprint density at radius 1 is 1.04 bits per heavy atom. The fourth-order valence-corrected chi connectivity index (χ4v) is 7.91. The van der Waals surface area contributed by atoms with Crippen molar-refractivity contribution in [3.63, 3.8) is 0 Å². The number of alkyl halides is 1. The minimum atomic E-state index is -3.57. The molecule has 0 spiro atoms. The second-order valence-corrected chi connectivity index (χ2v) is 14.1. The number of nitrogens with one attached hydrogen (secondary N) is 1. The number of para-hydroxylation sites is 1. The van der Waals surface area contributed by atoms with Crippen LogP contribution in [0.3, 0.4) is 0 Å². The van der Waals surface area contributed by atoms with Gasteiger partial charge in [0.2, 0.25) is 10.0 Å². The number of carbonyl (C=O) groups is 1. The third kappa shape index (κ3) is 7.05. The van der Waals surface area contributed by atoms with Crippen LogP contribution in [0.15, 0.2) is 60.7 Å². The smallest absolute Gasteiger partial charge is 0.355 e. The summed E-state index contributed by atoms with van der Waals surface area (Å²) in [5.74, 6) is 0.643. The quantitative estimate of drug-likeness (QED) is 0.0702. The molecule has 5 rings (SSSR count). The van der Waals surface area contributed by atoms with E-state index in [1.165, 1.54) is 4.31 Å². The third-order valence-electron chi connectivity index (χ3n) is 8.71. The number of fused-ring (bicyclic) bond motifs is 2. The van der Waals surface area contributed by atoms with Crippen molar-refractivity contribution in [1.82, 2.24) is 19.1 Å². The van der Waals surface area contributed by atoms with Crippen molar-refractivity contribution < 1.29 is 22.7 Å². The fraction of sp³-hybridized carbons (Fsp3) is 0.389. The molecule has 5 aromatic rings. The SMILES string of the molecule is CCOC(=O)c1[nH]c2c(-c3c(C(C)N(C)S(=O)(=O)CCCCl)nn(C)c3CC)cccc2c1CCCOc1cccc2ccccc12. The fourth-order valence-electron chi connectivity index (χ4n) is 6.24. The number of halogens is 1. The molecule has 1 N–H and O–H groups in total. The molecule has 0 radical (unpaired) electrons. The molecule has 0 fully saturated rings. The van der Waals surface area contributed by atoms with Gasteiger partial charge in [0.1, 0.15) is 11.4 Å². The summed E-state index contributed by atoms with van der Waals surface area (Å²) in [7, 11) is -0.104. The lowest BCUT2D eigenvalue weighted by atomic mass is 9.95. The lowest BCUT2D eigenvalue weighted by Gasteiger charge is -2.24. The molecule has 0 aliphatic carbocycles. The highest BCUT2D eigenvalue weighted by atomic mass is 35.5. The molecule has 11 heteroatoms. The number of H-pyrrole nitrogens is 1. The third-order valence-corrected chi connectivity index (χ3v) is 11.0. The van der Waals surface area contributed by atoms with Crippen LogP contribution in [0.4, 0.5) is 0 Å². The van der Waals surface area contributed by atoms with Crippen LogP contribution < -0.4 is 4.74 Å². The maximum Gasteiger partial charge on any atom is 0.355 e. The highest BCUT2D eigenvalue weighted by Gasteiger charge is 2.31. The molecule has 0 saturated heterocycles. The second kappa shape index (κ2) is 14.9.